The molecule has 32 heavy (non-hydrogen) atoms. The van der Waals surface area contributed by atoms with E-state index in [4.69, 9.17) is 4.74 Å². The van der Waals surface area contributed by atoms with E-state index in [1.54, 1.807) is 43.5 Å². The van der Waals surface area contributed by atoms with Crippen LogP contribution in [-0.4, -0.2) is 31.5 Å². The molecule has 0 saturated heterocycles. The van der Waals surface area contributed by atoms with Gasteiger partial charge in [0.05, 0.1) is 5.69 Å². The van der Waals surface area contributed by atoms with Crippen molar-refractivity contribution in [1.82, 2.24) is 9.29 Å². The van der Waals surface area contributed by atoms with Crippen LogP contribution < -0.4 is 5.32 Å². The van der Waals surface area contributed by atoms with Crippen LogP contribution in [0.15, 0.2) is 85.1 Å². The van der Waals surface area contributed by atoms with Crippen LogP contribution in [0.5, 0.6) is 0 Å². The van der Waals surface area contributed by atoms with Gasteiger partial charge in [-0.15, -0.1) is 0 Å². The number of methoxy groups -OCH3 is 1. The molecule has 1 aliphatic rings. The maximum Gasteiger partial charge on any atom is 0.273 e. The van der Waals surface area contributed by atoms with Crippen molar-refractivity contribution in [2.45, 2.75) is 17.9 Å². The Kier molecular flexibility index (Phi) is 6.15. The average Bonchev–Trinajstić information content (AvgIpc) is 3.24. The summed E-state index contributed by atoms with van der Waals surface area (Å²) in [4.78, 5) is -1.64. The van der Waals surface area contributed by atoms with Crippen molar-refractivity contribution in [3.05, 3.63) is 102 Å². The molecule has 1 N–H and O–H groups in total. The summed E-state index contributed by atoms with van der Waals surface area (Å²) < 4.78 is 49.6. The summed E-state index contributed by atoms with van der Waals surface area (Å²) in [7, 11) is -0.980. The van der Waals surface area contributed by atoms with Crippen molar-refractivity contribution in [3.63, 3.8) is 0 Å². The van der Waals surface area contributed by atoms with Crippen LogP contribution in [0.25, 0.3) is 16.8 Å². The lowest BCUT2D eigenvalue weighted by Gasteiger charge is -2.33. The number of aromatic nitrogens is 1. The van der Waals surface area contributed by atoms with E-state index in [1.807, 2.05) is 36.4 Å². The quantitative estimate of drug-likeness (QED) is 0.570. The highest BCUT2D eigenvalue weighted by molar-refractivity contribution is 7.91. The van der Waals surface area contributed by atoms with Gasteiger partial charge in [0.2, 0.25) is 4.93 Å². The molecular weight excluding hydrogens is 427 g/mol. The predicted molar refractivity (Wildman–Crippen MR) is 125 cm³/mol. The summed E-state index contributed by atoms with van der Waals surface area (Å²) in [5.41, 5.74) is 2.95. The first-order chi connectivity index (χ1) is 15.4. The molecule has 3 aromatic rings. The van der Waals surface area contributed by atoms with Gasteiger partial charge >= 0.3 is 0 Å². The van der Waals surface area contributed by atoms with Crippen molar-refractivity contribution in [2.24, 2.45) is 0 Å². The Morgan fingerprint density at radius 1 is 1.12 bits per heavy atom. The van der Waals surface area contributed by atoms with Gasteiger partial charge in [-0.2, -0.15) is 0 Å². The molecule has 1 heterocycles. The van der Waals surface area contributed by atoms with E-state index < -0.39 is 20.8 Å². The van der Waals surface area contributed by atoms with Crippen LogP contribution in [0.2, 0.25) is 0 Å². The molecule has 0 amide bonds. The van der Waals surface area contributed by atoms with Gasteiger partial charge in [-0.3, -0.25) is 0 Å². The summed E-state index contributed by atoms with van der Waals surface area (Å²) in [6, 6.07) is 17.4. The van der Waals surface area contributed by atoms with Gasteiger partial charge in [0.15, 0.2) is 0 Å². The minimum absolute atomic E-state index is 0.128. The van der Waals surface area contributed by atoms with Crippen LogP contribution in [0, 0.1) is 5.82 Å². The summed E-state index contributed by atoms with van der Waals surface area (Å²) in [6.45, 7) is 0.439. The van der Waals surface area contributed by atoms with Crippen molar-refractivity contribution in [1.29, 1.82) is 0 Å². The number of ether oxygens (including phenoxy) is 1. The Labute approximate surface area is 187 Å². The van der Waals surface area contributed by atoms with Gasteiger partial charge in [-0.05, 0) is 48.0 Å². The first-order valence-corrected chi connectivity index (χ1v) is 11.7. The Balaban J connectivity index is 1.85. The molecule has 1 unspecified atom stereocenters. The third-order valence-corrected chi connectivity index (χ3v) is 7.78. The molecule has 0 spiro atoms. The highest BCUT2D eigenvalue weighted by atomic mass is 32.2. The molecule has 166 valence electrons. The lowest BCUT2D eigenvalue weighted by molar-refractivity contribution is 0.104. The molecule has 1 aromatic heterocycles. The molecule has 7 heteroatoms. The summed E-state index contributed by atoms with van der Waals surface area (Å²) in [6.07, 6.45) is 6.80. The number of hydrogen-bond acceptors (Lipinski definition) is 4. The minimum atomic E-state index is -4.14. The van der Waals surface area contributed by atoms with Crippen molar-refractivity contribution >= 4 is 15.6 Å². The zero-order chi connectivity index (χ0) is 22.8. The van der Waals surface area contributed by atoms with Gasteiger partial charge in [0.1, 0.15) is 5.82 Å². The maximum absolute atomic E-state index is 14.7. The number of nitrogens with zero attached hydrogens (tertiary/aromatic N) is 1. The highest BCUT2D eigenvalue weighted by Gasteiger charge is 2.46. The Hall–Kier alpha value is -3.00. The lowest BCUT2D eigenvalue weighted by Crippen LogP contribution is -2.43. The van der Waals surface area contributed by atoms with Gasteiger partial charge in [0, 0.05) is 31.8 Å². The van der Waals surface area contributed by atoms with Crippen molar-refractivity contribution < 1.29 is 17.5 Å². The lowest BCUT2D eigenvalue weighted by atomic mass is 9.95. The second-order valence-electron chi connectivity index (χ2n) is 7.65. The predicted octanol–water partition coefficient (Wildman–Crippen LogP) is 4.58. The zero-order valence-electron chi connectivity index (χ0n) is 18.0. The number of allylic oxidation sites excluding steroid dienone is 2. The van der Waals surface area contributed by atoms with E-state index in [0.29, 0.717) is 6.54 Å². The molecule has 2 aromatic carbocycles. The van der Waals surface area contributed by atoms with Crippen molar-refractivity contribution in [2.75, 3.05) is 14.2 Å². The zero-order valence-corrected chi connectivity index (χ0v) is 18.8. The number of rotatable bonds is 7. The molecule has 1 aliphatic carbocycles. The largest absolute Gasteiger partial charge is 0.357 e. The van der Waals surface area contributed by atoms with Gasteiger partial charge in [0.25, 0.3) is 10.0 Å². The van der Waals surface area contributed by atoms with Crippen molar-refractivity contribution in [3.8, 4) is 11.3 Å². The highest BCUT2D eigenvalue weighted by Crippen LogP contribution is 2.39. The van der Waals surface area contributed by atoms with E-state index in [9.17, 15) is 12.8 Å². The fraction of sp³-hybridized carbons (Fsp3) is 0.200. The minimum Gasteiger partial charge on any atom is -0.357 e. The SMILES string of the molecule is CNCc1cc(-c2ccccc2F)n(S(=O)(=O)C2(OC)C=CC=C(c3ccccc3)C2)c1. The third-order valence-electron chi connectivity index (χ3n) is 5.64. The van der Waals surface area contributed by atoms with Gasteiger partial charge in [-0.1, -0.05) is 54.6 Å². The van der Waals surface area contributed by atoms with Crippen LogP contribution in [0.3, 0.4) is 0 Å². The number of hydrogen-bond donors (Lipinski definition) is 1. The molecule has 0 saturated carbocycles. The van der Waals surface area contributed by atoms with E-state index in [0.717, 1.165) is 20.7 Å². The van der Waals surface area contributed by atoms with Crippen LogP contribution >= 0.6 is 0 Å². The van der Waals surface area contributed by atoms with Crippen LogP contribution in [0.4, 0.5) is 4.39 Å². The molecule has 0 aliphatic heterocycles. The second kappa shape index (κ2) is 8.86. The number of nitrogens with one attached hydrogen (secondary N) is 1. The monoisotopic (exact) mass is 452 g/mol. The summed E-state index contributed by atoms with van der Waals surface area (Å²) >= 11 is 0. The molecule has 0 fully saturated rings. The smallest absolute Gasteiger partial charge is 0.273 e. The average molecular weight is 453 g/mol. The summed E-state index contributed by atoms with van der Waals surface area (Å²) in [5.74, 6) is -0.492. The van der Waals surface area contributed by atoms with Gasteiger partial charge < -0.3 is 10.1 Å². The summed E-state index contributed by atoms with van der Waals surface area (Å²) in [5, 5.41) is 3.02. The van der Waals surface area contributed by atoms with E-state index in [-0.39, 0.29) is 17.7 Å². The van der Waals surface area contributed by atoms with Gasteiger partial charge in [-0.25, -0.2) is 16.8 Å². The van der Waals surface area contributed by atoms with Crippen LogP contribution in [-0.2, 0) is 21.3 Å². The normalized spacial score (nSPS) is 18.5. The Morgan fingerprint density at radius 2 is 1.84 bits per heavy atom. The topological polar surface area (TPSA) is 60.3 Å². The number of benzene rings is 2. The first kappa shape index (κ1) is 22.2. The van der Waals surface area contributed by atoms with E-state index in [2.05, 4.69) is 5.32 Å². The van der Waals surface area contributed by atoms with E-state index in [1.165, 1.54) is 19.4 Å². The second-order valence-corrected chi connectivity index (χ2v) is 9.69. The van der Waals surface area contributed by atoms with Crippen LogP contribution in [0.1, 0.15) is 17.5 Å². The fourth-order valence-electron chi connectivity index (χ4n) is 4.00. The van der Waals surface area contributed by atoms with E-state index >= 15 is 0 Å². The molecule has 0 radical (unpaired) electrons. The Morgan fingerprint density at radius 3 is 2.53 bits per heavy atom. The third kappa shape index (κ3) is 3.83. The maximum atomic E-state index is 14.7. The number of halogens is 1. The molecule has 0 bridgehead atoms. The Bertz CT molecular complexity index is 1280. The first-order valence-electron chi connectivity index (χ1n) is 10.3. The standard InChI is InChI=1S/C25H25FN2O3S/c1-27-17-19-15-24(22-12-6-7-13-23(22)26)28(18-19)32(29,30)25(31-2)14-8-11-21(16-25)20-9-4-3-5-10-20/h3-15,18,27H,16-17H2,1-2H3. The molecule has 1 atom stereocenters. The molecule has 4 rings (SSSR count). The molecular formula is C25H25FN2O3S. The fourth-order valence-corrected chi connectivity index (χ4v) is 5.81. The molecule has 5 nitrogen and oxygen atoms in total.